The molecule has 4 heteroatoms. The number of halogens is 1. The molecule has 0 rings (SSSR count). The smallest absolute Gasteiger partial charge is 0.129 e. The van der Waals surface area contributed by atoms with E-state index in [0.29, 0.717) is 0 Å². The minimum atomic E-state index is -1.66. The van der Waals surface area contributed by atoms with Crippen molar-refractivity contribution in [3.63, 3.8) is 0 Å². The van der Waals surface area contributed by atoms with Crippen molar-refractivity contribution in [1.29, 1.82) is 0 Å². The molecule has 0 aromatic rings. The summed E-state index contributed by atoms with van der Waals surface area (Å²) in [5.74, 6) is -1.66. The predicted molar refractivity (Wildman–Crippen MR) is 19.8 cm³/mol. The predicted octanol–water partition coefficient (Wildman–Crippen LogP) is -2.44. The van der Waals surface area contributed by atoms with Crippen molar-refractivity contribution in [2.75, 3.05) is 13.7 Å². The second-order valence-corrected chi connectivity index (χ2v) is 0.506. The molecule has 44 valence electrons. The van der Waals surface area contributed by atoms with Gasteiger partial charge < -0.3 is 15.6 Å². The molecule has 0 amide bonds. The van der Waals surface area contributed by atoms with Gasteiger partial charge in [-0.15, -0.1) is 0 Å². The first kappa shape index (κ1) is 9.61. The minimum absolute atomic E-state index is 1.39. The lowest BCUT2D eigenvalue weighted by atomic mass is 10.8. The third-order valence-corrected chi connectivity index (χ3v) is 0.109. The number of carbonyl (C=O) groups excluding carboxylic acids is 1. The molecule has 0 radical (unpaired) electrons. The number of aliphatic carboxylic acids is 1. The molecule has 0 spiro atoms. The first-order chi connectivity index (χ1) is 3.27. The first-order valence-electron chi connectivity index (χ1n) is 1.74. The maximum absolute atomic E-state index is 10.5. The van der Waals surface area contributed by atoms with Crippen molar-refractivity contribution >= 4 is 5.97 Å². The molecule has 0 aliphatic carbocycles. The summed E-state index contributed by atoms with van der Waals surface area (Å²) in [6.07, 6.45) is 0. The third kappa shape index (κ3) is 32.7. The molecule has 0 saturated heterocycles. The number of carboxylic acid groups (broad SMARTS) is 1. The van der Waals surface area contributed by atoms with Gasteiger partial charge >= 0.3 is 0 Å². The molecule has 0 atom stereocenters. The van der Waals surface area contributed by atoms with Gasteiger partial charge in [0.1, 0.15) is 6.67 Å². The van der Waals surface area contributed by atoms with Crippen LogP contribution in [0.1, 0.15) is 0 Å². The van der Waals surface area contributed by atoms with Crippen LogP contribution in [0.2, 0.25) is 0 Å². The Bertz CT molecular complexity index is 48.2. The summed E-state index contributed by atoms with van der Waals surface area (Å²) in [6, 6.07) is 0. The Morgan fingerprint density at radius 1 is 1.86 bits per heavy atom. The second kappa shape index (κ2) is 9.03. The van der Waals surface area contributed by atoms with E-state index in [-0.39, 0.29) is 0 Å². The Kier molecular flexibility index (Phi) is 12.4. The number of alkyl halides is 1. The van der Waals surface area contributed by atoms with Crippen LogP contribution in [0.15, 0.2) is 0 Å². The highest BCUT2D eigenvalue weighted by atomic mass is 19.1. The summed E-state index contributed by atoms with van der Waals surface area (Å²) in [7, 11) is 1.75. The van der Waals surface area contributed by atoms with Crippen molar-refractivity contribution in [2.24, 2.45) is 0 Å². The zero-order valence-electron chi connectivity index (χ0n) is 4.11. The normalized spacial score (nSPS) is 6.14. The highest BCUT2D eigenvalue weighted by Crippen LogP contribution is 1.54. The molecule has 0 aliphatic heterocycles. The largest absolute Gasteiger partial charge is 0.547 e. The van der Waals surface area contributed by atoms with Crippen LogP contribution in [-0.4, -0.2) is 19.7 Å². The standard InChI is InChI=1S/C2H3FO2.CH5N/c3-1-2(4)5;1-2/h1H2,(H,4,5);2H2,1H3. The van der Waals surface area contributed by atoms with Crippen molar-refractivity contribution in [3.8, 4) is 0 Å². The van der Waals surface area contributed by atoms with E-state index in [9.17, 15) is 4.39 Å². The molecule has 0 bridgehead atoms. The summed E-state index contributed by atoms with van der Waals surface area (Å²) in [5.41, 5.74) is 3.25. The monoisotopic (exact) mass is 109 g/mol. The van der Waals surface area contributed by atoms with Gasteiger partial charge in [-0.1, -0.05) is 0 Å². The summed E-state index contributed by atoms with van der Waals surface area (Å²) in [5, 5.41) is 8.88. The van der Waals surface area contributed by atoms with E-state index >= 15 is 0 Å². The molecule has 3 nitrogen and oxygen atoms in total. The van der Waals surface area contributed by atoms with Crippen LogP contribution in [-0.2, 0) is 4.79 Å². The van der Waals surface area contributed by atoms with E-state index in [1.807, 2.05) is 0 Å². The highest BCUT2D eigenvalue weighted by molar-refractivity contribution is 5.65. The van der Waals surface area contributed by atoms with Crippen LogP contribution in [0.4, 0.5) is 4.39 Å². The van der Waals surface area contributed by atoms with Crippen LogP contribution in [0.5, 0.6) is 0 Å². The maximum Gasteiger partial charge on any atom is 0.129 e. The zero-order valence-corrected chi connectivity index (χ0v) is 4.11. The van der Waals surface area contributed by atoms with Crippen molar-refractivity contribution in [1.82, 2.24) is 0 Å². The Morgan fingerprint density at radius 2 is 2.00 bits per heavy atom. The van der Waals surface area contributed by atoms with E-state index in [2.05, 4.69) is 5.73 Å². The average Bonchev–Trinajstić information content (AvgIpc) is 1.73. The Labute approximate surface area is 40.9 Å². The summed E-state index contributed by atoms with van der Waals surface area (Å²) < 4.78 is 10.5. The topological polar surface area (TPSA) is 67.8 Å². The Morgan fingerprint density at radius 3 is 2.00 bits per heavy atom. The number of quaternary nitrogens is 1. The van der Waals surface area contributed by atoms with Gasteiger partial charge in [-0.05, 0) is 0 Å². The maximum atomic E-state index is 10.5. The van der Waals surface area contributed by atoms with Gasteiger partial charge in [-0.2, -0.15) is 0 Å². The number of hydrogen-bond donors (Lipinski definition) is 1. The van der Waals surface area contributed by atoms with E-state index in [1.54, 1.807) is 7.05 Å². The minimum Gasteiger partial charge on any atom is -0.547 e. The molecule has 7 heavy (non-hydrogen) atoms. The lowest BCUT2D eigenvalue weighted by Crippen LogP contribution is -2.40. The summed E-state index contributed by atoms with van der Waals surface area (Å²) in [6.45, 7) is -1.39. The van der Waals surface area contributed by atoms with Crippen LogP contribution in [0.3, 0.4) is 0 Å². The fourth-order valence-corrected chi connectivity index (χ4v) is 0. The van der Waals surface area contributed by atoms with Crippen LogP contribution in [0, 0.1) is 0 Å². The van der Waals surface area contributed by atoms with Crippen molar-refractivity contribution in [2.45, 2.75) is 0 Å². The third-order valence-electron chi connectivity index (χ3n) is 0.109. The molecule has 0 fully saturated rings. The lowest BCUT2D eigenvalue weighted by Gasteiger charge is -1.84. The van der Waals surface area contributed by atoms with Crippen LogP contribution >= 0.6 is 0 Å². The van der Waals surface area contributed by atoms with Crippen LogP contribution in [0.25, 0.3) is 0 Å². The van der Waals surface area contributed by atoms with Gasteiger partial charge in [0.05, 0.1) is 13.0 Å². The fraction of sp³-hybridized carbons (Fsp3) is 0.667. The number of carboxylic acids is 1. The number of rotatable bonds is 1. The van der Waals surface area contributed by atoms with Gasteiger partial charge in [-0.25, -0.2) is 4.39 Å². The molecule has 0 aliphatic rings. The molecular formula is C3H8FNO2. The van der Waals surface area contributed by atoms with Crippen LogP contribution < -0.4 is 10.8 Å². The molecule has 0 heterocycles. The second-order valence-electron chi connectivity index (χ2n) is 0.506. The SMILES string of the molecule is C[NH3+].O=C([O-])CF. The van der Waals surface area contributed by atoms with Gasteiger partial charge in [0.2, 0.25) is 0 Å². The molecular weight excluding hydrogens is 101 g/mol. The van der Waals surface area contributed by atoms with E-state index in [1.165, 1.54) is 0 Å². The molecule has 0 aromatic heterocycles. The van der Waals surface area contributed by atoms with Crippen molar-refractivity contribution in [3.05, 3.63) is 0 Å². The number of carbonyl (C=O) groups is 1. The Balaban J connectivity index is 0. The average molecular weight is 109 g/mol. The summed E-state index contributed by atoms with van der Waals surface area (Å²) >= 11 is 0. The Hall–Kier alpha value is -0.640. The van der Waals surface area contributed by atoms with E-state index in [0.717, 1.165) is 0 Å². The first-order valence-corrected chi connectivity index (χ1v) is 1.74. The molecule has 0 unspecified atom stereocenters. The number of hydrogen-bond acceptors (Lipinski definition) is 2. The van der Waals surface area contributed by atoms with Gasteiger partial charge in [0.15, 0.2) is 0 Å². The van der Waals surface area contributed by atoms with Crippen molar-refractivity contribution < 1.29 is 20.0 Å². The highest BCUT2D eigenvalue weighted by Gasteiger charge is 1.70. The van der Waals surface area contributed by atoms with Gasteiger partial charge in [0.25, 0.3) is 0 Å². The summed E-state index contributed by atoms with van der Waals surface area (Å²) in [4.78, 5) is 8.88. The molecule has 0 saturated carbocycles. The fourth-order valence-electron chi connectivity index (χ4n) is 0. The van der Waals surface area contributed by atoms with E-state index in [4.69, 9.17) is 9.90 Å². The van der Waals surface area contributed by atoms with Gasteiger partial charge in [0, 0.05) is 0 Å². The lowest BCUT2D eigenvalue weighted by molar-refractivity contribution is -0.325. The zero-order chi connectivity index (χ0) is 6.28. The van der Waals surface area contributed by atoms with E-state index < -0.39 is 12.6 Å². The molecule has 0 aromatic carbocycles. The molecule has 3 N–H and O–H groups in total. The van der Waals surface area contributed by atoms with Gasteiger partial charge in [-0.3, -0.25) is 0 Å². The quantitative estimate of drug-likeness (QED) is 0.406.